The second-order valence-electron chi connectivity index (χ2n) is 6.97. The Morgan fingerprint density at radius 3 is 2.13 bits per heavy atom. The van der Waals surface area contributed by atoms with Crippen LogP contribution in [0.15, 0.2) is 66.7 Å². The summed E-state index contributed by atoms with van der Waals surface area (Å²) in [7, 11) is 0. The molecule has 1 heteroatoms. The number of rotatable bonds is 2. The van der Waals surface area contributed by atoms with E-state index in [9.17, 15) is 0 Å². The van der Waals surface area contributed by atoms with Crippen LogP contribution in [0, 0.1) is 0 Å². The summed E-state index contributed by atoms with van der Waals surface area (Å²) in [5.74, 6) is 0. The van der Waals surface area contributed by atoms with Crippen LogP contribution in [0.25, 0.3) is 11.1 Å². The van der Waals surface area contributed by atoms with Gasteiger partial charge in [-0.15, -0.1) is 0 Å². The molecule has 0 fully saturated rings. The molecule has 0 atom stereocenters. The minimum Gasteiger partial charge on any atom is -0.399 e. The maximum atomic E-state index is 6.04. The van der Waals surface area contributed by atoms with Gasteiger partial charge in [-0.3, -0.25) is 0 Å². The average Bonchev–Trinajstić information content (AvgIpc) is 2.76. The number of fused-ring (bicyclic) bond motifs is 3. The van der Waals surface area contributed by atoms with Crippen molar-refractivity contribution in [3.8, 4) is 11.1 Å². The number of benzene rings is 3. The van der Waals surface area contributed by atoms with Crippen molar-refractivity contribution in [3.05, 3.63) is 89.0 Å². The minimum absolute atomic E-state index is 0.0453. The van der Waals surface area contributed by atoms with E-state index in [0.717, 1.165) is 12.1 Å². The highest BCUT2D eigenvalue weighted by molar-refractivity contribution is 5.83. The van der Waals surface area contributed by atoms with Gasteiger partial charge < -0.3 is 5.73 Å². The summed E-state index contributed by atoms with van der Waals surface area (Å²) in [5.41, 5.74) is 15.0. The highest BCUT2D eigenvalue weighted by Gasteiger charge is 2.35. The van der Waals surface area contributed by atoms with Crippen molar-refractivity contribution in [1.82, 2.24) is 0 Å². The Hall–Kier alpha value is -2.54. The quantitative estimate of drug-likeness (QED) is 0.649. The number of anilines is 1. The second-order valence-corrected chi connectivity index (χ2v) is 6.97. The maximum Gasteiger partial charge on any atom is 0.0320 e. The van der Waals surface area contributed by atoms with Crippen LogP contribution in [0.5, 0.6) is 0 Å². The summed E-state index contributed by atoms with van der Waals surface area (Å²) >= 11 is 0. The Morgan fingerprint density at radius 2 is 1.39 bits per heavy atom. The van der Waals surface area contributed by atoms with Crippen molar-refractivity contribution in [2.45, 2.75) is 25.7 Å². The summed E-state index contributed by atoms with van der Waals surface area (Å²) < 4.78 is 0. The second kappa shape index (κ2) is 4.99. The fraction of sp³-hybridized carbons (Fsp3) is 0.182. The highest BCUT2D eigenvalue weighted by atomic mass is 14.5. The molecule has 0 aromatic heterocycles. The zero-order valence-electron chi connectivity index (χ0n) is 13.6. The first-order valence-corrected chi connectivity index (χ1v) is 8.13. The van der Waals surface area contributed by atoms with Gasteiger partial charge in [0, 0.05) is 11.1 Å². The molecule has 0 aliphatic heterocycles. The molecule has 1 aliphatic rings. The van der Waals surface area contributed by atoms with Crippen LogP contribution in [0.4, 0.5) is 5.69 Å². The van der Waals surface area contributed by atoms with Crippen LogP contribution >= 0.6 is 0 Å². The Morgan fingerprint density at radius 1 is 0.739 bits per heavy atom. The lowest BCUT2D eigenvalue weighted by Crippen LogP contribution is -2.14. The molecule has 3 aromatic rings. The van der Waals surface area contributed by atoms with Crippen LogP contribution in [0.1, 0.15) is 36.1 Å². The molecule has 0 unspecified atom stereocenters. The van der Waals surface area contributed by atoms with Crippen molar-refractivity contribution in [3.63, 3.8) is 0 Å². The zero-order chi connectivity index (χ0) is 16.0. The summed E-state index contributed by atoms with van der Waals surface area (Å²) in [5, 5.41) is 0. The van der Waals surface area contributed by atoms with Crippen molar-refractivity contribution in [2.75, 3.05) is 5.73 Å². The Kier molecular flexibility index (Phi) is 3.05. The molecule has 3 aromatic carbocycles. The van der Waals surface area contributed by atoms with E-state index in [1.807, 2.05) is 6.07 Å². The predicted octanol–water partition coefficient (Wildman–Crippen LogP) is 5.17. The number of nitrogens with two attached hydrogens (primary N) is 1. The van der Waals surface area contributed by atoms with Crippen molar-refractivity contribution < 1.29 is 0 Å². The van der Waals surface area contributed by atoms with Gasteiger partial charge in [0.25, 0.3) is 0 Å². The first-order valence-electron chi connectivity index (χ1n) is 8.13. The van der Waals surface area contributed by atoms with E-state index in [1.54, 1.807) is 0 Å². The lowest BCUT2D eigenvalue weighted by Gasteiger charge is -2.21. The molecule has 0 amide bonds. The molecule has 1 nitrogen and oxygen atoms in total. The summed E-state index contributed by atoms with van der Waals surface area (Å²) in [6.45, 7) is 4.59. The molecule has 0 heterocycles. The van der Waals surface area contributed by atoms with Gasteiger partial charge in [-0.1, -0.05) is 68.4 Å². The van der Waals surface area contributed by atoms with Gasteiger partial charge in [-0.2, -0.15) is 0 Å². The first-order chi connectivity index (χ1) is 11.1. The molecular formula is C22H21N. The van der Waals surface area contributed by atoms with E-state index in [1.165, 1.54) is 33.4 Å². The van der Waals surface area contributed by atoms with Crippen LogP contribution < -0.4 is 5.73 Å². The van der Waals surface area contributed by atoms with Gasteiger partial charge in [0.05, 0.1) is 0 Å². The third kappa shape index (κ3) is 2.24. The first kappa shape index (κ1) is 14.1. The number of nitrogen functional groups attached to an aromatic ring is 1. The molecule has 0 saturated heterocycles. The smallest absolute Gasteiger partial charge is 0.0320 e. The summed E-state index contributed by atoms with van der Waals surface area (Å²) in [6, 6.07) is 23.8. The SMILES string of the molecule is CC1(C)c2ccc(N)cc2-c2cc(Cc3ccccc3)ccc21. The van der Waals surface area contributed by atoms with Gasteiger partial charge >= 0.3 is 0 Å². The van der Waals surface area contributed by atoms with Gasteiger partial charge in [0.2, 0.25) is 0 Å². The molecule has 4 rings (SSSR count). The van der Waals surface area contributed by atoms with Crippen molar-refractivity contribution in [1.29, 1.82) is 0 Å². The topological polar surface area (TPSA) is 26.0 Å². The average molecular weight is 299 g/mol. The lowest BCUT2D eigenvalue weighted by atomic mass is 9.82. The third-order valence-corrected chi connectivity index (χ3v) is 5.02. The molecule has 0 spiro atoms. The molecule has 0 bridgehead atoms. The fourth-order valence-corrected chi connectivity index (χ4v) is 3.78. The molecule has 0 radical (unpaired) electrons. The third-order valence-electron chi connectivity index (χ3n) is 5.02. The van der Waals surface area contributed by atoms with Crippen LogP contribution in [-0.4, -0.2) is 0 Å². The molecular weight excluding hydrogens is 278 g/mol. The molecule has 114 valence electrons. The van der Waals surface area contributed by atoms with E-state index in [-0.39, 0.29) is 5.41 Å². The Labute approximate surface area is 137 Å². The standard InChI is InChI=1S/C22H21N/c1-22(2)20-10-8-16(12-15-6-4-3-5-7-15)13-18(20)19-14-17(23)9-11-21(19)22/h3-11,13-14H,12,23H2,1-2H3. The van der Waals surface area contributed by atoms with Crippen LogP contribution in [-0.2, 0) is 11.8 Å². The van der Waals surface area contributed by atoms with E-state index in [4.69, 9.17) is 5.73 Å². The van der Waals surface area contributed by atoms with Gasteiger partial charge in [0.1, 0.15) is 0 Å². The maximum absolute atomic E-state index is 6.04. The van der Waals surface area contributed by atoms with Crippen LogP contribution in [0.2, 0.25) is 0 Å². The van der Waals surface area contributed by atoms with E-state index in [0.29, 0.717) is 0 Å². The Bertz CT molecular complexity index is 876. The summed E-state index contributed by atoms with van der Waals surface area (Å²) in [6.07, 6.45) is 0.964. The number of hydrogen-bond acceptors (Lipinski definition) is 1. The van der Waals surface area contributed by atoms with Gasteiger partial charge in [-0.05, 0) is 51.9 Å². The zero-order valence-corrected chi connectivity index (χ0v) is 13.6. The normalized spacial score (nSPS) is 14.3. The summed E-state index contributed by atoms with van der Waals surface area (Å²) in [4.78, 5) is 0. The van der Waals surface area contributed by atoms with Crippen molar-refractivity contribution in [2.24, 2.45) is 0 Å². The van der Waals surface area contributed by atoms with Gasteiger partial charge in [-0.25, -0.2) is 0 Å². The fourth-order valence-electron chi connectivity index (χ4n) is 3.78. The molecule has 2 N–H and O–H groups in total. The number of hydrogen-bond donors (Lipinski definition) is 1. The minimum atomic E-state index is 0.0453. The van der Waals surface area contributed by atoms with Gasteiger partial charge in [0.15, 0.2) is 0 Å². The monoisotopic (exact) mass is 299 g/mol. The highest BCUT2D eigenvalue weighted by Crippen LogP contribution is 2.49. The Balaban J connectivity index is 1.82. The largest absolute Gasteiger partial charge is 0.399 e. The van der Waals surface area contributed by atoms with E-state index >= 15 is 0 Å². The molecule has 23 heavy (non-hydrogen) atoms. The van der Waals surface area contributed by atoms with E-state index in [2.05, 4.69) is 74.5 Å². The lowest BCUT2D eigenvalue weighted by molar-refractivity contribution is 0.660. The molecule has 0 saturated carbocycles. The van der Waals surface area contributed by atoms with Crippen LogP contribution in [0.3, 0.4) is 0 Å². The molecule has 1 aliphatic carbocycles. The predicted molar refractivity (Wildman–Crippen MR) is 97.7 cm³/mol. The van der Waals surface area contributed by atoms with Crippen molar-refractivity contribution >= 4 is 5.69 Å². The van der Waals surface area contributed by atoms with E-state index < -0.39 is 0 Å².